The average molecular weight is 280 g/mol. The Kier molecular flexibility index (Phi) is 4.51. The molecule has 1 aromatic carbocycles. The van der Waals surface area contributed by atoms with Gasteiger partial charge in [0.05, 0.1) is 6.61 Å². The van der Waals surface area contributed by atoms with E-state index in [1.807, 2.05) is 0 Å². The van der Waals surface area contributed by atoms with Gasteiger partial charge >= 0.3 is 0 Å². The fourth-order valence-electron chi connectivity index (χ4n) is 1.99. The molecule has 0 bridgehead atoms. The average Bonchev–Trinajstić information content (AvgIpc) is 2.74. The Labute approximate surface area is 115 Å². The second kappa shape index (κ2) is 6.15. The molecule has 1 saturated heterocycles. The lowest BCUT2D eigenvalue weighted by molar-refractivity contribution is -0.129. The second-order valence-corrected chi connectivity index (χ2v) is 4.59. The number of aromatic hydroxyl groups is 1. The summed E-state index contributed by atoms with van der Waals surface area (Å²) in [5.74, 6) is -0.377. The molecule has 2 rings (SSSR count). The molecule has 0 spiro atoms. The molecule has 1 aliphatic heterocycles. The summed E-state index contributed by atoms with van der Waals surface area (Å²) in [6.07, 6.45) is -2.04. The van der Waals surface area contributed by atoms with E-state index in [0.29, 0.717) is 5.56 Å². The summed E-state index contributed by atoms with van der Waals surface area (Å²) in [7, 11) is 0. The lowest BCUT2D eigenvalue weighted by atomic mass is 10.0. The SMILES string of the molecule is O=C(C=Cc1ccc(O)cc1)C1O[C@H](CO)[C@@H](O)[C@@H]1O. The minimum absolute atomic E-state index is 0.122. The molecule has 4 N–H and O–H groups in total. The van der Waals surface area contributed by atoms with Crippen LogP contribution < -0.4 is 0 Å². The second-order valence-electron chi connectivity index (χ2n) is 4.59. The van der Waals surface area contributed by atoms with Crippen molar-refractivity contribution >= 4 is 11.9 Å². The molecule has 6 nitrogen and oxygen atoms in total. The number of aliphatic hydroxyl groups excluding tert-OH is 3. The number of hydrogen-bond donors (Lipinski definition) is 4. The zero-order valence-corrected chi connectivity index (χ0v) is 10.6. The molecule has 0 saturated carbocycles. The number of rotatable bonds is 4. The smallest absolute Gasteiger partial charge is 0.187 e. The number of phenolic OH excluding ortho intramolecular Hbond substituents is 1. The van der Waals surface area contributed by atoms with E-state index in [1.54, 1.807) is 12.1 Å². The zero-order valence-electron chi connectivity index (χ0n) is 10.6. The molecule has 0 aliphatic carbocycles. The van der Waals surface area contributed by atoms with Crippen molar-refractivity contribution in [3.8, 4) is 5.75 Å². The van der Waals surface area contributed by atoms with E-state index >= 15 is 0 Å². The van der Waals surface area contributed by atoms with Crippen molar-refractivity contribution in [1.82, 2.24) is 0 Å². The highest BCUT2D eigenvalue weighted by atomic mass is 16.6. The molecule has 1 unspecified atom stereocenters. The molecule has 1 aromatic rings. The van der Waals surface area contributed by atoms with Crippen LogP contribution in [-0.4, -0.2) is 57.2 Å². The van der Waals surface area contributed by atoms with Crippen LogP contribution in [0, 0.1) is 0 Å². The Bertz CT molecular complexity index is 495. The fraction of sp³-hybridized carbons (Fsp3) is 0.357. The van der Waals surface area contributed by atoms with Gasteiger partial charge in [0.2, 0.25) is 0 Å². The van der Waals surface area contributed by atoms with Crippen molar-refractivity contribution in [2.45, 2.75) is 24.4 Å². The Morgan fingerprint density at radius 1 is 1.20 bits per heavy atom. The largest absolute Gasteiger partial charge is 0.508 e. The Hall–Kier alpha value is -1.73. The molecule has 1 heterocycles. The molecule has 0 radical (unpaired) electrons. The summed E-state index contributed by atoms with van der Waals surface area (Å²) in [5, 5.41) is 37.3. The third kappa shape index (κ3) is 3.05. The summed E-state index contributed by atoms with van der Waals surface area (Å²) >= 11 is 0. The summed E-state index contributed by atoms with van der Waals surface area (Å²) < 4.78 is 5.11. The number of aliphatic hydroxyl groups is 3. The Morgan fingerprint density at radius 3 is 2.40 bits per heavy atom. The first-order valence-electron chi connectivity index (χ1n) is 6.16. The summed E-state index contributed by atoms with van der Waals surface area (Å²) in [6, 6.07) is 6.21. The zero-order chi connectivity index (χ0) is 14.7. The van der Waals surface area contributed by atoms with Crippen LogP contribution >= 0.6 is 0 Å². The number of benzene rings is 1. The van der Waals surface area contributed by atoms with Gasteiger partial charge in [-0.1, -0.05) is 18.2 Å². The third-order valence-corrected chi connectivity index (χ3v) is 3.16. The van der Waals surface area contributed by atoms with Crippen LogP contribution in [0.1, 0.15) is 5.56 Å². The van der Waals surface area contributed by atoms with Gasteiger partial charge in [-0.25, -0.2) is 0 Å². The minimum Gasteiger partial charge on any atom is -0.508 e. The molecular formula is C14H16O6. The lowest BCUT2D eigenvalue weighted by Crippen LogP contribution is -2.36. The van der Waals surface area contributed by atoms with Crippen LogP contribution in [0.15, 0.2) is 30.3 Å². The number of ketones is 1. The standard InChI is InChI=1S/C14H16O6/c15-7-11-12(18)13(19)14(20-11)10(17)6-3-8-1-4-9(16)5-2-8/h1-6,11-16,18-19H,7H2/t11-,12-,13+,14?/m1/s1. The van der Waals surface area contributed by atoms with Gasteiger partial charge < -0.3 is 25.2 Å². The molecule has 20 heavy (non-hydrogen) atoms. The summed E-state index contributed by atoms with van der Waals surface area (Å²) in [4.78, 5) is 11.9. The summed E-state index contributed by atoms with van der Waals surface area (Å²) in [6.45, 7) is -0.469. The van der Waals surface area contributed by atoms with E-state index in [0.717, 1.165) is 0 Å². The number of carbonyl (C=O) groups is 1. The number of ether oxygens (including phenoxy) is 1. The predicted octanol–water partition coefficient (Wildman–Crippen LogP) is -0.544. The van der Waals surface area contributed by atoms with Crippen molar-refractivity contribution in [2.24, 2.45) is 0 Å². The van der Waals surface area contributed by atoms with Crippen LogP contribution in [0.5, 0.6) is 5.75 Å². The topological polar surface area (TPSA) is 107 Å². The maximum absolute atomic E-state index is 11.9. The molecule has 1 fully saturated rings. The lowest BCUT2D eigenvalue weighted by Gasteiger charge is -2.11. The van der Waals surface area contributed by atoms with Crippen LogP contribution in [0.2, 0.25) is 0 Å². The van der Waals surface area contributed by atoms with E-state index in [2.05, 4.69) is 0 Å². The highest BCUT2D eigenvalue weighted by molar-refractivity contribution is 5.97. The van der Waals surface area contributed by atoms with Gasteiger partial charge in [0.1, 0.15) is 30.2 Å². The molecule has 0 amide bonds. The monoisotopic (exact) mass is 280 g/mol. The van der Waals surface area contributed by atoms with E-state index in [1.165, 1.54) is 24.3 Å². The first-order chi connectivity index (χ1) is 9.52. The Morgan fingerprint density at radius 2 is 1.85 bits per heavy atom. The molecule has 1 aliphatic rings. The quantitative estimate of drug-likeness (QED) is 0.552. The molecule has 6 heteroatoms. The van der Waals surface area contributed by atoms with Gasteiger partial charge in [0, 0.05) is 0 Å². The molecule has 4 atom stereocenters. The van der Waals surface area contributed by atoms with Crippen molar-refractivity contribution in [3.63, 3.8) is 0 Å². The maximum Gasteiger partial charge on any atom is 0.187 e. The van der Waals surface area contributed by atoms with Crippen LogP contribution in [-0.2, 0) is 9.53 Å². The van der Waals surface area contributed by atoms with Crippen LogP contribution in [0.3, 0.4) is 0 Å². The molecule has 0 aromatic heterocycles. The van der Waals surface area contributed by atoms with Gasteiger partial charge in [0.25, 0.3) is 0 Å². The Balaban J connectivity index is 2.03. The number of phenols is 1. The van der Waals surface area contributed by atoms with Gasteiger partial charge in [-0.05, 0) is 23.8 Å². The van der Waals surface area contributed by atoms with Crippen LogP contribution in [0.4, 0.5) is 0 Å². The minimum atomic E-state index is -1.36. The first kappa shape index (κ1) is 14.7. The predicted molar refractivity (Wildman–Crippen MR) is 69.9 cm³/mol. The van der Waals surface area contributed by atoms with E-state index < -0.39 is 36.8 Å². The van der Waals surface area contributed by atoms with Gasteiger partial charge in [0.15, 0.2) is 5.78 Å². The van der Waals surface area contributed by atoms with Gasteiger partial charge in [-0.15, -0.1) is 0 Å². The van der Waals surface area contributed by atoms with Crippen molar-refractivity contribution in [3.05, 3.63) is 35.9 Å². The third-order valence-electron chi connectivity index (χ3n) is 3.16. The van der Waals surface area contributed by atoms with E-state index in [4.69, 9.17) is 14.9 Å². The van der Waals surface area contributed by atoms with Gasteiger partial charge in [-0.2, -0.15) is 0 Å². The highest BCUT2D eigenvalue weighted by Crippen LogP contribution is 2.22. The molecular weight excluding hydrogens is 264 g/mol. The highest BCUT2D eigenvalue weighted by Gasteiger charge is 2.44. The number of carbonyl (C=O) groups excluding carboxylic acids is 1. The molecule has 108 valence electrons. The number of hydrogen-bond acceptors (Lipinski definition) is 6. The van der Waals surface area contributed by atoms with Crippen molar-refractivity contribution in [2.75, 3.05) is 6.61 Å². The normalized spacial score (nSPS) is 29.9. The van der Waals surface area contributed by atoms with E-state index in [9.17, 15) is 15.0 Å². The van der Waals surface area contributed by atoms with E-state index in [-0.39, 0.29) is 5.75 Å². The van der Waals surface area contributed by atoms with Crippen molar-refractivity contribution < 1.29 is 30.0 Å². The fourth-order valence-corrected chi connectivity index (χ4v) is 1.99. The van der Waals surface area contributed by atoms with Crippen LogP contribution in [0.25, 0.3) is 6.08 Å². The maximum atomic E-state index is 11.9. The van der Waals surface area contributed by atoms with Crippen molar-refractivity contribution in [1.29, 1.82) is 0 Å². The summed E-state index contributed by atoms with van der Waals surface area (Å²) in [5.41, 5.74) is 0.697. The first-order valence-corrected chi connectivity index (χ1v) is 6.16. The van der Waals surface area contributed by atoms with Gasteiger partial charge in [-0.3, -0.25) is 4.79 Å².